The third-order valence-electron chi connectivity index (χ3n) is 4.64. The van der Waals surface area contributed by atoms with Crippen LogP contribution in [0.4, 0.5) is 14.5 Å². The van der Waals surface area contributed by atoms with E-state index in [0.717, 1.165) is 39.5 Å². The van der Waals surface area contributed by atoms with Gasteiger partial charge in [0.05, 0.1) is 18.5 Å². The van der Waals surface area contributed by atoms with E-state index in [9.17, 15) is 22.0 Å². The third-order valence-corrected chi connectivity index (χ3v) is 5.88. The summed E-state index contributed by atoms with van der Waals surface area (Å²) in [4.78, 5) is 12.5. The maximum absolute atomic E-state index is 13.6. The number of halogens is 2. The van der Waals surface area contributed by atoms with Gasteiger partial charge in [0.25, 0.3) is 0 Å². The normalized spacial score (nSPS) is 12.4. The number of carbonyl (C=O) groups is 1. The molecule has 3 rings (SSSR count). The number of hydrogen-bond donors (Lipinski definition) is 1. The average Bonchev–Trinajstić information content (AvgIpc) is 2.72. The van der Waals surface area contributed by atoms with E-state index in [1.807, 2.05) is 42.5 Å². The van der Waals surface area contributed by atoms with Crippen molar-refractivity contribution in [1.29, 1.82) is 0 Å². The molecule has 31 heavy (non-hydrogen) atoms. The summed E-state index contributed by atoms with van der Waals surface area (Å²) in [5.74, 6) is -2.28. The standard InChI is InChI=1S/C22H22F2N2O4S/c1-15(26(31(2,28)29)18-8-10-20(23)21(24)14-18)22(27)25-11-12-30-19-9-7-16-5-3-4-6-17(16)13-19/h3-10,13-15H,11-12H2,1-2H3,(H,25,27). The van der Waals surface area contributed by atoms with Gasteiger partial charge in [-0.05, 0) is 42.0 Å². The first-order chi connectivity index (χ1) is 14.7. The Labute approximate surface area is 179 Å². The van der Waals surface area contributed by atoms with Crippen molar-refractivity contribution in [2.75, 3.05) is 23.7 Å². The monoisotopic (exact) mass is 448 g/mol. The van der Waals surface area contributed by atoms with Gasteiger partial charge in [-0.2, -0.15) is 0 Å². The number of benzene rings is 3. The molecule has 0 aliphatic rings. The van der Waals surface area contributed by atoms with Crippen LogP contribution in [0.2, 0.25) is 0 Å². The molecule has 1 N–H and O–H groups in total. The topological polar surface area (TPSA) is 75.7 Å². The van der Waals surface area contributed by atoms with Gasteiger partial charge >= 0.3 is 0 Å². The smallest absolute Gasteiger partial charge is 0.243 e. The molecule has 0 aliphatic heterocycles. The molecule has 1 amide bonds. The highest BCUT2D eigenvalue weighted by Gasteiger charge is 2.29. The Morgan fingerprint density at radius 2 is 1.74 bits per heavy atom. The third kappa shape index (κ3) is 5.49. The molecule has 0 saturated heterocycles. The number of carbonyl (C=O) groups excluding carboxylic acids is 1. The van der Waals surface area contributed by atoms with E-state index >= 15 is 0 Å². The second-order valence-corrected chi connectivity index (χ2v) is 8.84. The molecule has 9 heteroatoms. The van der Waals surface area contributed by atoms with Crippen molar-refractivity contribution in [3.63, 3.8) is 0 Å². The minimum Gasteiger partial charge on any atom is -0.492 e. The van der Waals surface area contributed by atoms with Gasteiger partial charge in [0, 0.05) is 6.07 Å². The van der Waals surface area contributed by atoms with Crippen LogP contribution >= 0.6 is 0 Å². The zero-order chi connectivity index (χ0) is 22.6. The van der Waals surface area contributed by atoms with E-state index in [1.54, 1.807) is 0 Å². The molecule has 0 bridgehead atoms. The Morgan fingerprint density at radius 3 is 2.42 bits per heavy atom. The molecule has 0 heterocycles. The summed E-state index contributed by atoms with van der Waals surface area (Å²) in [6.45, 7) is 1.66. The number of sulfonamides is 1. The highest BCUT2D eigenvalue weighted by atomic mass is 32.2. The molecule has 0 fully saturated rings. The van der Waals surface area contributed by atoms with Crippen LogP contribution in [0.5, 0.6) is 5.75 Å². The zero-order valence-electron chi connectivity index (χ0n) is 17.0. The van der Waals surface area contributed by atoms with Crippen molar-refractivity contribution < 1.29 is 26.7 Å². The SMILES string of the molecule is CC(C(=O)NCCOc1ccc2ccccc2c1)N(c1ccc(F)c(F)c1)S(C)(=O)=O. The van der Waals surface area contributed by atoms with Gasteiger partial charge in [-0.1, -0.05) is 30.3 Å². The second kappa shape index (κ2) is 9.30. The van der Waals surface area contributed by atoms with Crippen LogP contribution in [0.25, 0.3) is 10.8 Å². The average molecular weight is 448 g/mol. The Morgan fingerprint density at radius 1 is 1.03 bits per heavy atom. The fourth-order valence-electron chi connectivity index (χ4n) is 3.18. The van der Waals surface area contributed by atoms with Crippen LogP contribution in [0.1, 0.15) is 6.92 Å². The van der Waals surface area contributed by atoms with Crippen molar-refractivity contribution in [3.05, 3.63) is 72.3 Å². The lowest BCUT2D eigenvalue weighted by Gasteiger charge is -2.28. The number of ether oxygens (including phenoxy) is 1. The van der Waals surface area contributed by atoms with E-state index in [1.165, 1.54) is 6.92 Å². The molecule has 0 saturated carbocycles. The summed E-state index contributed by atoms with van der Waals surface area (Å²) in [6, 6.07) is 14.9. The number of fused-ring (bicyclic) bond motifs is 1. The number of nitrogens with zero attached hydrogens (tertiary/aromatic N) is 1. The lowest BCUT2D eigenvalue weighted by molar-refractivity contribution is -0.121. The van der Waals surface area contributed by atoms with E-state index in [2.05, 4.69) is 5.32 Å². The molecule has 0 aromatic heterocycles. The van der Waals surface area contributed by atoms with Crippen LogP contribution < -0.4 is 14.4 Å². The molecule has 6 nitrogen and oxygen atoms in total. The first-order valence-electron chi connectivity index (χ1n) is 9.50. The van der Waals surface area contributed by atoms with Crippen LogP contribution in [0.15, 0.2) is 60.7 Å². The molecule has 3 aromatic rings. The van der Waals surface area contributed by atoms with E-state index < -0.39 is 33.6 Å². The summed E-state index contributed by atoms with van der Waals surface area (Å²) < 4.78 is 57.6. The minimum absolute atomic E-state index is 0.130. The lowest BCUT2D eigenvalue weighted by Crippen LogP contribution is -2.48. The number of nitrogens with one attached hydrogen (secondary N) is 1. The molecule has 1 atom stereocenters. The largest absolute Gasteiger partial charge is 0.492 e. The van der Waals surface area contributed by atoms with Gasteiger partial charge in [0.2, 0.25) is 15.9 Å². The van der Waals surface area contributed by atoms with Crippen molar-refractivity contribution >= 4 is 32.4 Å². The second-order valence-electron chi connectivity index (χ2n) is 6.98. The summed E-state index contributed by atoms with van der Waals surface area (Å²) >= 11 is 0. The Hall–Kier alpha value is -3.20. The first-order valence-corrected chi connectivity index (χ1v) is 11.4. The number of anilines is 1. The summed E-state index contributed by atoms with van der Waals surface area (Å²) in [5.41, 5.74) is -0.142. The molecule has 0 aliphatic carbocycles. The quantitative estimate of drug-likeness (QED) is 0.536. The van der Waals surface area contributed by atoms with Crippen LogP contribution in [-0.2, 0) is 14.8 Å². The predicted octanol–water partition coefficient (Wildman–Crippen LogP) is 3.47. The lowest BCUT2D eigenvalue weighted by atomic mass is 10.1. The van der Waals surface area contributed by atoms with Crippen molar-refractivity contribution in [1.82, 2.24) is 5.32 Å². The first kappa shape index (κ1) is 22.5. The highest BCUT2D eigenvalue weighted by Crippen LogP contribution is 2.23. The summed E-state index contributed by atoms with van der Waals surface area (Å²) in [5, 5.41) is 4.70. The van der Waals surface area contributed by atoms with Gasteiger partial charge in [0.1, 0.15) is 18.4 Å². The molecule has 0 radical (unpaired) electrons. The van der Waals surface area contributed by atoms with Gasteiger partial charge in [-0.25, -0.2) is 17.2 Å². The van der Waals surface area contributed by atoms with Crippen LogP contribution in [0.3, 0.4) is 0 Å². The van der Waals surface area contributed by atoms with Crippen molar-refractivity contribution in [2.24, 2.45) is 0 Å². The summed E-state index contributed by atoms with van der Waals surface area (Å²) in [7, 11) is -3.93. The fraction of sp³-hybridized carbons (Fsp3) is 0.227. The van der Waals surface area contributed by atoms with E-state index in [4.69, 9.17) is 4.74 Å². The maximum Gasteiger partial charge on any atom is 0.243 e. The molecule has 1 unspecified atom stereocenters. The van der Waals surface area contributed by atoms with Gasteiger partial charge in [0.15, 0.2) is 11.6 Å². The molecule has 3 aromatic carbocycles. The minimum atomic E-state index is -3.93. The van der Waals surface area contributed by atoms with Gasteiger partial charge in [-0.15, -0.1) is 0 Å². The Kier molecular flexibility index (Phi) is 6.74. The molecular weight excluding hydrogens is 426 g/mol. The fourth-order valence-corrected chi connectivity index (χ4v) is 4.35. The van der Waals surface area contributed by atoms with E-state index in [0.29, 0.717) is 5.75 Å². The Bertz CT molecular complexity index is 1200. The predicted molar refractivity (Wildman–Crippen MR) is 116 cm³/mol. The highest BCUT2D eigenvalue weighted by molar-refractivity contribution is 7.92. The van der Waals surface area contributed by atoms with Crippen molar-refractivity contribution in [2.45, 2.75) is 13.0 Å². The molecule has 164 valence electrons. The van der Waals surface area contributed by atoms with Crippen LogP contribution in [-0.4, -0.2) is 39.8 Å². The number of amides is 1. The zero-order valence-corrected chi connectivity index (χ0v) is 17.8. The molecular formula is C22H22F2N2O4S. The van der Waals surface area contributed by atoms with Crippen molar-refractivity contribution in [3.8, 4) is 5.75 Å². The van der Waals surface area contributed by atoms with Crippen LogP contribution in [0, 0.1) is 11.6 Å². The number of rotatable bonds is 8. The van der Waals surface area contributed by atoms with E-state index in [-0.39, 0.29) is 18.8 Å². The Balaban J connectivity index is 1.61. The molecule has 0 spiro atoms. The summed E-state index contributed by atoms with van der Waals surface area (Å²) in [6.07, 6.45) is 0.890. The maximum atomic E-state index is 13.6. The van der Waals surface area contributed by atoms with Gasteiger partial charge < -0.3 is 10.1 Å². The van der Waals surface area contributed by atoms with Gasteiger partial charge in [-0.3, -0.25) is 9.10 Å². The number of hydrogen-bond acceptors (Lipinski definition) is 4.